The highest BCUT2D eigenvalue weighted by Gasteiger charge is 2.08. The van der Waals surface area contributed by atoms with Crippen LogP contribution in [-0.2, 0) is 6.42 Å². The molecule has 0 radical (unpaired) electrons. The molecule has 0 aliphatic carbocycles. The Bertz CT molecular complexity index is 477. The summed E-state index contributed by atoms with van der Waals surface area (Å²) in [5, 5.41) is 7.93. The molecule has 0 aliphatic heterocycles. The number of nitrogens with zero attached hydrogens (tertiary/aromatic N) is 3. The van der Waals surface area contributed by atoms with E-state index in [1.54, 1.807) is 12.4 Å². The van der Waals surface area contributed by atoms with Gasteiger partial charge in [-0.1, -0.05) is 12.1 Å². The van der Waals surface area contributed by atoms with E-state index in [1.807, 2.05) is 10.6 Å². The molecule has 0 saturated carbocycles. The lowest BCUT2D eigenvalue weighted by molar-refractivity contribution is 0.573. The van der Waals surface area contributed by atoms with Crippen molar-refractivity contribution in [2.45, 2.75) is 26.3 Å². The van der Waals surface area contributed by atoms with E-state index in [0.717, 1.165) is 11.4 Å². The Morgan fingerprint density at radius 3 is 2.88 bits per heavy atom. The van der Waals surface area contributed by atoms with Crippen molar-refractivity contribution in [3.63, 3.8) is 0 Å². The molecule has 0 spiro atoms. The second kappa shape index (κ2) is 4.43. The summed E-state index contributed by atoms with van der Waals surface area (Å²) in [6, 6.07) is 6.89. The van der Waals surface area contributed by atoms with Gasteiger partial charge in [0.25, 0.3) is 0 Å². The smallest absolute Gasteiger partial charge is 0.137 e. The summed E-state index contributed by atoms with van der Waals surface area (Å²) in [5.41, 5.74) is 0.912. The van der Waals surface area contributed by atoms with Gasteiger partial charge in [0.1, 0.15) is 18.0 Å². The minimum absolute atomic E-state index is 0.215. The third-order valence-corrected chi connectivity index (χ3v) is 2.45. The zero-order chi connectivity index (χ0) is 11.5. The van der Waals surface area contributed by atoms with Crippen LogP contribution in [0.25, 0.3) is 0 Å². The van der Waals surface area contributed by atoms with Gasteiger partial charge >= 0.3 is 0 Å². The lowest BCUT2D eigenvalue weighted by atomic mass is 10.1. The van der Waals surface area contributed by atoms with Gasteiger partial charge in [-0.25, -0.2) is 4.39 Å². The normalized spacial score (nSPS) is 11.0. The van der Waals surface area contributed by atoms with Gasteiger partial charge in [0.05, 0.1) is 0 Å². The molecule has 2 aromatic rings. The van der Waals surface area contributed by atoms with Crippen LogP contribution in [-0.4, -0.2) is 14.8 Å². The first kappa shape index (κ1) is 10.8. The van der Waals surface area contributed by atoms with Gasteiger partial charge < -0.3 is 4.57 Å². The van der Waals surface area contributed by atoms with E-state index in [1.165, 1.54) is 12.1 Å². The summed E-state index contributed by atoms with van der Waals surface area (Å²) >= 11 is 0. The van der Waals surface area contributed by atoms with Crippen LogP contribution >= 0.6 is 0 Å². The predicted molar refractivity (Wildman–Crippen MR) is 59.6 cm³/mol. The summed E-state index contributed by atoms with van der Waals surface area (Å²) in [6.45, 7) is 4.14. The lowest BCUT2D eigenvalue weighted by Gasteiger charge is -2.09. The fourth-order valence-corrected chi connectivity index (χ4v) is 1.65. The van der Waals surface area contributed by atoms with Crippen molar-refractivity contribution in [1.29, 1.82) is 0 Å². The fourth-order valence-electron chi connectivity index (χ4n) is 1.65. The Morgan fingerprint density at radius 1 is 1.38 bits per heavy atom. The van der Waals surface area contributed by atoms with Gasteiger partial charge in [0.15, 0.2) is 0 Å². The van der Waals surface area contributed by atoms with Crippen LogP contribution in [0.4, 0.5) is 4.39 Å². The molecule has 1 aromatic heterocycles. The number of rotatable bonds is 3. The van der Waals surface area contributed by atoms with Crippen molar-refractivity contribution in [1.82, 2.24) is 14.8 Å². The third-order valence-electron chi connectivity index (χ3n) is 2.45. The maximum absolute atomic E-state index is 13.0. The second-order valence-electron chi connectivity index (χ2n) is 4.05. The maximum Gasteiger partial charge on any atom is 0.137 e. The third kappa shape index (κ3) is 2.27. The molecule has 1 heterocycles. The molecule has 0 fully saturated rings. The molecule has 16 heavy (non-hydrogen) atoms. The Morgan fingerprint density at radius 2 is 2.19 bits per heavy atom. The van der Waals surface area contributed by atoms with Crippen LogP contribution in [0, 0.1) is 5.82 Å². The molecule has 0 bridgehead atoms. The maximum atomic E-state index is 13.0. The predicted octanol–water partition coefficient (Wildman–Crippen LogP) is 2.59. The fraction of sp³-hybridized carbons (Fsp3) is 0.333. The molecule has 0 N–H and O–H groups in total. The number of halogens is 1. The van der Waals surface area contributed by atoms with Crippen molar-refractivity contribution in [2.75, 3.05) is 0 Å². The highest BCUT2D eigenvalue weighted by Crippen LogP contribution is 2.12. The quantitative estimate of drug-likeness (QED) is 0.794. The summed E-state index contributed by atoms with van der Waals surface area (Å²) in [6.07, 6.45) is 2.31. The van der Waals surface area contributed by atoms with Crippen molar-refractivity contribution in [3.05, 3.63) is 47.8 Å². The molecule has 2 rings (SSSR count). The first-order valence-corrected chi connectivity index (χ1v) is 5.29. The zero-order valence-corrected chi connectivity index (χ0v) is 9.39. The van der Waals surface area contributed by atoms with Gasteiger partial charge in [-0.3, -0.25) is 0 Å². The van der Waals surface area contributed by atoms with Crippen LogP contribution < -0.4 is 0 Å². The van der Waals surface area contributed by atoms with Crippen LogP contribution in [0.2, 0.25) is 0 Å². The number of hydrogen-bond donors (Lipinski definition) is 0. The van der Waals surface area contributed by atoms with Crippen LogP contribution in [0.5, 0.6) is 0 Å². The van der Waals surface area contributed by atoms with Gasteiger partial charge in [0.2, 0.25) is 0 Å². The van der Waals surface area contributed by atoms with Crippen molar-refractivity contribution >= 4 is 0 Å². The zero-order valence-electron chi connectivity index (χ0n) is 9.39. The number of hydrogen-bond acceptors (Lipinski definition) is 2. The first-order chi connectivity index (χ1) is 7.66. The van der Waals surface area contributed by atoms with Gasteiger partial charge in [-0.05, 0) is 31.5 Å². The van der Waals surface area contributed by atoms with E-state index >= 15 is 0 Å². The van der Waals surface area contributed by atoms with Gasteiger partial charge in [-0.15, -0.1) is 10.2 Å². The van der Waals surface area contributed by atoms with Gasteiger partial charge in [-0.2, -0.15) is 0 Å². The highest BCUT2D eigenvalue weighted by molar-refractivity contribution is 5.20. The number of aromatic nitrogens is 3. The molecule has 0 atom stereocenters. The van der Waals surface area contributed by atoms with Crippen molar-refractivity contribution in [2.24, 2.45) is 0 Å². The summed E-state index contributed by atoms with van der Waals surface area (Å²) < 4.78 is 15.0. The van der Waals surface area contributed by atoms with Crippen LogP contribution in [0.3, 0.4) is 0 Å². The molecular weight excluding hydrogens is 205 g/mol. The van der Waals surface area contributed by atoms with E-state index in [4.69, 9.17) is 0 Å². The number of benzene rings is 1. The summed E-state index contributed by atoms with van der Waals surface area (Å²) in [7, 11) is 0. The largest absolute Gasteiger partial charge is 0.315 e. The molecule has 0 unspecified atom stereocenters. The minimum Gasteiger partial charge on any atom is -0.315 e. The van der Waals surface area contributed by atoms with E-state index in [0.29, 0.717) is 12.5 Å². The molecule has 3 nitrogen and oxygen atoms in total. The highest BCUT2D eigenvalue weighted by atomic mass is 19.1. The van der Waals surface area contributed by atoms with Crippen molar-refractivity contribution < 1.29 is 4.39 Å². The molecule has 4 heteroatoms. The SMILES string of the molecule is CC(C)n1cnnc1Cc1cccc(F)c1. The topological polar surface area (TPSA) is 30.7 Å². The van der Waals surface area contributed by atoms with E-state index in [2.05, 4.69) is 24.0 Å². The van der Waals surface area contributed by atoms with E-state index < -0.39 is 0 Å². The standard InChI is InChI=1S/C12H14FN3/c1-9(2)16-8-14-15-12(16)7-10-4-3-5-11(13)6-10/h3-6,8-9H,7H2,1-2H3. The molecular formula is C12H14FN3. The molecule has 84 valence electrons. The average molecular weight is 219 g/mol. The summed E-state index contributed by atoms with van der Waals surface area (Å²) in [4.78, 5) is 0. The second-order valence-corrected chi connectivity index (χ2v) is 4.05. The Labute approximate surface area is 93.9 Å². The Balaban J connectivity index is 2.24. The average Bonchev–Trinajstić information content (AvgIpc) is 2.66. The van der Waals surface area contributed by atoms with Crippen molar-refractivity contribution in [3.8, 4) is 0 Å². The Kier molecular flexibility index (Phi) is 2.99. The Hall–Kier alpha value is -1.71. The van der Waals surface area contributed by atoms with E-state index in [9.17, 15) is 4.39 Å². The minimum atomic E-state index is -0.215. The molecule has 0 aliphatic rings. The molecule has 0 saturated heterocycles. The lowest BCUT2D eigenvalue weighted by Crippen LogP contribution is -2.06. The first-order valence-electron chi connectivity index (χ1n) is 5.29. The van der Waals surface area contributed by atoms with Crippen LogP contribution in [0.1, 0.15) is 31.3 Å². The summed E-state index contributed by atoms with van der Waals surface area (Å²) in [5.74, 6) is 0.647. The molecule has 0 amide bonds. The van der Waals surface area contributed by atoms with E-state index in [-0.39, 0.29) is 5.82 Å². The molecule has 1 aromatic carbocycles. The van der Waals surface area contributed by atoms with Gasteiger partial charge in [0, 0.05) is 12.5 Å². The monoisotopic (exact) mass is 219 g/mol. The van der Waals surface area contributed by atoms with Crippen LogP contribution in [0.15, 0.2) is 30.6 Å².